The standard InChI is InChI=1S/C12H23NO4/c1-6(2)9(14)12-11(16)10(15)8(17-12)5-13-7(3)4/h6-8,10-13,15-16H,5H2,1-4H3/t8-,10?,11?,12-/m1/s1. The summed E-state index contributed by atoms with van der Waals surface area (Å²) in [7, 11) is 0. The number of carbonyl (C=O) groups excluding carboxylic acids is 1. The lowest BCUT2D eigenvalue weighted by molar-refractivity contribution is -0.136. The Hall–Kier alpha value is -0.490. The molecule has 0 aromatic carbocycles. The van der Waals surface area contributed by atoms with E-state index in [1.807, 2.05) is 13.8 Å². The Bertz CT molecular complexity index is 267. The largest absolute Gasteiger partial charge is 0.388 e. The van der Waals surface area contributed by atoms with E-state index in [0.29, 0.717) is 6.54 Å². The predicted molar refractivity (Wildman–Crippen MR) is 63.7 cm³/mol. The SMILES string of the molecule is CC(C)NC[C@H]1O[C@H](C(=O)C(C)C)C(O)C1O. The van der Waals surface area contributed by atoms with Crippen molar-refractivity contribution in [2.45, 2.75) is 58.2 Å². The van der Waals surface area contributed by atoms with Crippen LogP contribution in [0.1, 0.15) is 27.7 Å². The number of ether oxygens (including phenoxy) is 1. The molecule has 0 amide bonds. The van der Waals surface area contributed by atoms with Crippen molar-refractivity contribution < 1.29 is 19.7 Å². The van der Waals surface area contributed by atoms with Crippen LogP contribution in [0, 0.1) is 5.92 Å². The molecular weight excluding hydrogens is 222 g/mol. The van der Waals surface area contributed by atoms with E-state index in [-0.39, 0.29) is 17.7 Å². The number of carbonyl (C=O) groups is 1. The monoisotopic (exact) mass is 245 g/mol. The van der Waals surface area contributed by atoms with E-state index in [2.05, 4.69) is 5.32 Å². The third-order valence-electron chi connectivity index (χ3n) is 2.94. The highest BCUT2D eigenvalue weighted by molar-refractivity contribution is 5.85. The fourth-order valence-corrected chi connectivity index (χ4v) is 1.83. The van der Waals surface area contributed by atoms with Gasteiger partial charge in [0.15, 0.2) is 5.78 Å². The van der Waals surface area contributed by atoms with Gasteiger partial charge in [-0.05, 0) is 0 Å². The van der Waals surface area contributed by atoms with Crippen LogP contribution in [0.2, 0.25) is 0 Å². The van der Waals surface area contributed by atoms with Crippen LogP contribution in [0.5, 0.6) is 0 Å². The second-order valence-corrected chi connectivity index (χ2v) is 5.20. The Morgan fingerprint density at radius 3 is 2.29 bits per heavy atom. The number of hydrogen-bond donors (Lipinski definition) is 3. The van der Waals surface area contributed by atoms with Crippen molar-refractivity contribution in [3.63, 3.8) is 0 Å². The first-order valence-corrected chi connectivity index (χ1v) is 6.13. The average molecular weight is 245 g/mol. The lowest BCUT2D eigenvalue weighted by Crippen LogP contribution is -2.40. The lowest BCUT2D eigenvalue weighted by Gasteiger charge is -2.17. The summed E-state index contributed by atoms with van der Waals surface area (Å²) in [6, 6.07) is 0.266. The third kappa shape index (κ3) is 3.48. The normalized spacial score (nSPS) is 33.6. The topological polar surface area (TPSA) is 78.8 Å². The number of aliphatic hydroxyl groups excluding tert-OH is 2. The number of ketones is 1. The van der Waals surface area contributed by atoms with Crippen LogP contribution < -0.4 is 5.32 Å². The molecule has 1 aliphatic heterocycles. The maximum atomic E-state index is 11.8. The first kappa shape index (κ1) is 14.6. The molecular formula is C12H23NO4. The number of nitrogens with one attached hydrogen (secondary N) is 1. The zero-order valence-electron chi connectivity index (χ0n) is 10.9. The van der Waals surface area contributed by atoms with Crippen molar-refractivity contribution in [1.29, 1.82) is 0 Å². The first-order chi connectivity index (χ1) is 7.84. The second kappa shape index (κ2) is 5.91. The van der Waals surface area contributed by atoms with Gasteiger partial charge in [0.2, 0.25) is 0 Å². The highest BCUT2D eigenvalue weighted by Crippen LogP contribution is 2.23. The molecule has 1 rings (SSSR count). The maximum Gasteiger partial charge on any atom is 0.166 e. The van der Waals surface area contributed by atoms with E-state index in [1.54, 1.807) is 13.8 Å². The number of Topliss-reactive ketones (excluding diaryl/α,β-unsaturated/α-hetero) is 1. The molecule has 0 bridgehead atoms. The fraction of sp³-hybridized carbons (Fsp3) is 0.917. The van der Waals surface area contributed by atoms with E-state index in [0.717, 1.165) is 0 Å². The molecule has 0 saturated carbocycles. The van der Waals surface area contributed by atoms with Gasteiger partial charge < -0.3 is 20.3 Å². The van der Waals surface area contributed by atoms with Gasteiger partial charge in [0.25, 0.3) is 0 Å². The predicted octanol–water partition coefficient (Wildman–Crippen LogP) is -0.301. The zero-order chi connectivity index (χ0) is 13.2. The molecule has 1 fully saturated rings. The Morgan fingerprint density at radius 2 is 1.82 bits per heavy atom. The van der Waals surface area contributed by atoms with Gasteiger partial charge in [-0.3, -0.25) is 4.79 Å². The Balaban J connectivity index is 2.59. The summed E-state index contributed by atoms with van der Waals surface area (Å²) in [6.07, 6.45) is -3.55. The molecule has 1 aliphatic rings. The van der Waals surface area contributed by atoms with Crippen molar-refractivity contribution in [3.05, 3.63) is 0 Å². The molecule has 1 saturated heterocycles. The Labute approximate surface area is 102 Å². The summed E-state index contributed by atoms with van der Waals surface area (Å²) in [5.41, 5.74) is 0. The summed E-state index contributed by atoms with van der Waals surface area (Å²) >= 11 is 0. The molecule has 2 unspecified atom stereocenters. The average Bonchev–Trinajstić information content (AvgIpc) is 2.52. The Kier molecular flexibility index (Phi) is 5.06. The maximum absolute atomic E-state index is 11.8. The first-order valence-electron chi connectivity index (χ1n) is 6.13. The summed E-state index contributed by atoms with van der Waals surface area (Å²) in [5, 5.41) is 22.7. The van der Waals surface area contributed by atoms with Crippen LogP contribution >= 0.6 is 0 Å². The number of rotatable bonds is 5. The lowest BCUT2D eigenvalue weighted by atomic mass is 9.98. The van der Waals surface area contributed by atoms with Crippen molar-refractivity contribution >= 4 is 5.78 Å². The fourth-order valence-electron chi connectivity index (χ4n) is 1.83. The van der Waals surface area contributed by atoms with Gasteiger partial charge in [0, 0.05) is 18.5 Å². The minimum absolute atomic E-state index is 0.163. The van der Waals surface area contributed by atoms with Crippen molar-refractivity contribution in [3.8, 4) is 0 Å². The van der Waals surface area contributed by atoms with Crippen LogP contribution in [0.4, 0.5) is 0 Å². The second-order valence-electron chi connectivity index (χ2n) is 5.20. The van der Waals surface area contributed by atoms with E-state index in [1.165, 1.54) is 0 Å². The van der Waals surface area contributed by atoms with Crippen LogP contribution in [0.25, 0.3) is 0 Å². The highest BCUT2D eigenvalue weighted by Gasteiger charge is 2.46. The zero-order valence-corrected chi connectivity index (χ0v) is 10.9. The molecule has 100 valence electrons. The van der Waals surface area contributed by atoms with Crippen LogP contribution in [-0.2, 0) is 9.53 Å². The third-order valence-corrected chi connectivity index (χ3v) is 2.94. The van der Waals surface area contributed by atoms with Gasteiger partial charge in [-0.15, -0.1) is 0 Å². The van der Waals surface area contributed by atoms with Gasteiger partial charge in [-0.25, -0.2) is 0 Å². The number of aliphatic hydroxyl groups is 2. The molecule has 0 radical (unpaired) electrons. The van der Waals surface area contributed by atoms with Crippen molar-refractivity contribution in [1.82, 2.24) is 5.32 Å². The summed E-state index contributed by atoms with van der Waals surface area (Å²) in [6.45, 7) is 7.90. The summed E-state index contributed by atoms with van der Waals surface area (Å²) in [5.74, 6) is -0.373. The van der Waals surface area contributed by atoms with Crippen LogP contribution in [-0.4, -0.2) is 53.0 Å². The minimum atomic E-state index is -1.12. The Morgan fingerprint density at radius 1 is 1.24 bits per heavy atom. The van der Waals surface area contributed by atoms with E-state index in [9.17, 15) is 15.0 Å². The molecule has 0 aromatic heterocycles. The summed E-state index contributed by atoms with van der Waals surface area (Å²) in [4.78, 5) is 11.8. The van der Waals surface area contributed by atoms with E-state index < -0.39 is 24.4 Å². The van der Waals surface area contributed by atoms with Gasteiger partial charge in [-0.2, -0.15) is 0 Å². The molecule has 17 heavy (non-hydrogen) atoms. The molecule has 1 heterocycles. The molecule has 0 spiro atoms. The molecule has 5 nitrogen and oxygen atoms in total. The van der Waals surface area contributed by atoms with Gasteiger partial charge >= 0.3 is 0 Å². The van der Waals surface area contributed by atoms with Gasteiger partial charge in [-0.1, -0.05) is 27.7 Å². The van der Waals surface area contributed by atoms with E-state index in [4.69, 9.17) is 4.74 Å². The molecule has 0 aromatic rings. The van der Waals surface area contributed by atoms with Gasteiger partial charge in [0.05, 0.1) is 6.10 Å². The molecule has 0 aliphatic carbocycles. The smallest absolute Gasteiger partial charge is 0.166 e. The van der Waals surface area contributed by atoms with Gasteiger partial charge in [0.1, 0.15) is 18.3 Å². The highest BCUT2D eigenvalue weighted by atomic mass is 16.5. The number of hydrogen-bond acceptors (Lipinski definition) is 5. The summed E-state index contributed by atoms with van der Waals surface area (Å²) < 4.78 is 5.45. The van der Waals surface area contributed by atoms with Crippen LogP contribution in [0.15, 0.2) is 0 Å². The molecule has 5 heteroatoms. The minimum Gasteiger partial charge on any atom is -0.388 e. The molecule has 4 atom stereocenters. The quantitative estimate of drug-likeness (QED) is 0.620. The van der Waals surface area contributed by atoms with Crippen LogP contribution in [0.3, 0.4) is 0 Å². The van der Waals surface area contributed by atoms with Crippen molar-refractivity contribution in [2.75, 3.05) is 6.54 Å². The molecule has 3 N–H and O–H groups in total. The van der Waals surface area contributed by atoms with E-state index >= 15 is 0 Å². The van der Waals surface area contributed by atoms with Crippen molar-refractivity contribution in [2.24, 2.45) is 5.92 Å².